The van der Waals surface area contributed by atoms with Crippen molar-refractivity contribution in [2.75, 3.05) is 0 Å². The van der Waals surface area contributed by atoms with Crippen LogP contribution in [0.1, 0.15) is 220 Å². The van der Waals surface area contributed by atoms with Crippen LogP contribution in [0.3, 0.4) is 0 Å². The molecule has 0 aromatic heterocycles. The van der Waals surface area contributed by atoms with Gasteiger partial charge in [-0.05, 0) is 11.8 Å². The van der Waals surface area contributed by atoms with Gasteiger partial charge in [-0.1, -0.05) is 220 Å². The van der Waals surface area contributed by atoms with Gasteiger partial charge in [-0.3, -0.25) is 0 Å². The zero-order valence-electron chi connectivity index (χ0n) is 26.4. The predicted molar refractivity (Wildman–Crippen MR) is 168 cm³/mol. The smallest absolute Gasteiger partial charge is 0.0388 e. The van der Waals surface area contributed by atoms with E-state index in [0.717, 1.165) is 11.8 Å². The van der Waals surface area contributed by atoms with Crippen molar-refractivity contribution in [3.8, 4) is 0 Å². The minimum atomic E-state index is 1.03. The molecule has 2 unspecified atom stereocenters. The van der Waals surface area contributed by atoms with E-state index in [1.165, 1.54) is 193 Å². The highest BCUT2D eigenvalue weighted by Gasteiger charge is 2.22. The van der Waals surface area contributed by atoms with Crippen LogP contribution in [0.15, 0.2) is 0 Å². The second-order valence-corrected chi connectivity index (χ2v) is 12.6. The lowest BCUT2D eigenvalue weighted by Gasteiger charge is -2.14. The topological polar surface area (TPSA) is 0 Å². The van der Waals surface area contributed by atoms with Crippen LogP contribution in [-0.2, 0) is 0 Å². The van der Waals surface area contributed by atoms with Crippen molar-refractivity contribution in [1.82, 2.24) is 0 Å². The van der Waals surface area contributed by atoms with Gasteiger partial charge >= 0.3 is 0 Å². The van der Waals surface area contributed by atoms with Crippen molar-refractivity contribution in [2.24, 2.45) is 11.8 Å². The Morgan fingerprint density at radius 1 is 0.361 bits per heavy atom. The zero-order valence-corrected chi connectivity index (χ0v) is 26.4. The second kappa shape index (κ2) is 31.2. The lowest BCUT2D eigenvalue weighted by molar-refractivity contribution is 0.373. The van der Waals surface area contributed by atoms with Gasteiger partial charge in [-0.15, -0.1) is 0 Å². The van der Waals surface area contributed by atoms with Crippen LogP contribution in [0.5, 0.6) is 0 Å². The SMILES string of the molecule is CCCCCCCCCCCCC1CCCC1C.CCCCCCCCCCCCCCCCCC. The molecule has 0 heteroatoms. The molecule has 36 heavy (non-hydrogen) atoms. The lowest BCUT2D eigenvalue weighted by Crippen LogP contribution is -2.03. The first-order valence-corrected chi connectivity index (χ1v) is 17.8. The third-order valence-electron chi connectivity index (χ3n) is 8.92. The van der Waals surface area contributed by atoms with Crippen LogP contribution in [0.2, 0.25) is 0 Å². The second-order valence-electron chi connectivity index (χ2n) is 12.6. The summed E-state index contributed by atoms with van der Waals surface area (Å²) in [7, 11) is 0. The van der Waals surface area contributed by atoms with Crippen molar-refractivity contribution < 1.29 is 0 Å². The molecule has 1 fully saturated rings. The summed E-state index contributed by atoms with van der Waals surface area (Å²) in [4.78, 5) is 0. The van der Waals surface area contributed by atoms with Gasteiger partial charge in [0.2, 0.25) is 0 Å². The maximum Gasteiger partial charge on any atom is -0.0388 e. The van der Waals surface area contributed by atoms with E-state index in [0.29, 0.717) is 0 Å². The van der Waals surface area contributed by atoms with Crippen molar-refractivity contribution in [1.29, 1.82) is 0 Å². The van der Waals surface area contributed by atoms with E-state index in [9.17, 15) is 0 Å². The highest BCUT2D eigenvalue weighted by molar-refractivity contribution is 4.73. The Bertz CT molecular complexity index is 356. The molecule has 0 aromatic rings. The third-order valence-corrected chi connectivity index (χ3v) is 8.92. The van der Waals surface area contributed by atoms with E-state index in [1.807, 2.05) is 0 Å². The van der Waals surface area contributed by atoms with Crippen LogP contribution in [0, 0.1) is 11.8 Å². The van der Waals surface area contributed by atoms with Gasteiger partial charge in [-0.25, -0.2) is 0 Å². The molecule has 1 aliphatic rings. The normalized spacial score (nSPS) is 17.3. The summed E-state index contributed by atoms with van der Waals surface area (Å²) in [6, 6.07) is 0. The molecule has 0 saturated heterocycles. The van der Waals surface area contributed by atoms with Gasteiger partial charge in [0.25, 0.3) is 0 Å². The molecule has 2 atom stereocenters. The Morgan fingerprint density at radius 2 is 0.639 bits per heavy atom. The number of unbranched alkanes of at least 4 members (excludes halogenated alkanes) is 24. The van der Waals surface area contributed by atoms with Gasteiger partial charge in [0, 0.05) is 0 Å². The molecule has 0 radical (unpaired) electrons. The van der Waals surface area contributed by atoms with Crippen LogP contribution in [0.25, 0.3) is 0 Å². The lowest BCUT2D eigenvalue weighted by atomic mass is 9.92. The van der Waals surface area contributed by atoms with Crippen molar-refractivity contribution >= 4 is 0 Å². The molecule has 0 N–H and O–H groups in total. The molecule has 0 bridgehead atoms. The summed E-state index contributed by atoms with van der Waals surface area (Å²) in [5.74, 6) is 2.11. The quantitative estimate of drug-likeness (QED) is 0.102. The molecule has 0 nitrogen and oxygen atoms in total. The van der Waals surface area contributed by atoms with E-state index in [4.69, 9.17) is 0 Å². The highest BCUT2D eigenvalue weighted by atomic mass is 14.3. The average Bonchev–Trinajstić information content (AvgIpc) is 3.30. The van der Waals surface area contributed by atoms with Crippen LogP contribution >= 0.6 is 0 Å². The molecular formula is C36H74. The molecule has 0 heterocycles. The molecular weight excluding hydrogens is 432 g/mol. The van der Waals surface area contributed by atoms with E-state index < -0.39 is 0 Å². The van der Waals surface area contributed by atoms with Crippen LogP contribution in [0.4, 0.5) is 0 Å². The predicted octanol–water partition coefficient (Wildman–Crippen LogP) is 14.0. The Hall–Kier alpha value is 0. The van der Waals surface area contributed by atoms with Gasteiger partial charge < -0.3 is 0 Å². The standard InChI is InChI=1S/C18H36.C18H38/c1-3-4-5-6-7-8-9-10-11-12-15-18-16-13-14-17(18)2;1-3-5-7-9-11-13-15-17-18-16-14-12-10-8-6-4-2/h17-18H,3-16H2,1-2H3;3-18H2,1-2H3. The summed E-state index contributed by atoms with van der Waals surface area (Å²) in [5, 5.41) is 0. The van der Waals surface area contributed by atoms with Crippen molar-refractivity contribution in [3.63, 3.8) is 0 Å². The first-order chi connectivity index (χ1) is 17.8. The Kier molecular flexibility index (Phi) is 31.2. The van der Waals surface area contributed by atoms with Crippen molar-refractivity contribution in [3.05, 3.63) is 0 Å². The fourth-order valence-electron chi connectivity index (χ4n) is 6.17. The summed E-state index contributed by atoms with van der Waals surface area (Å²) >= 11 is 0. The molecule has 0 aromatic carbocycles. The number of hydrogen-bond acceptors (Lipinski definition) is 0. The zero-order chi connectivity index (χ0) is 26.4. The average molecular weight is 507 g/mol. The first-order valence-electron chi connectivity index (χ1n) is 17.8. The van der Waals surface area contributed by atoms with Gasteiger partial charge in [0.1, 0.15) is 0 Å². The fraction of sp³-hybridized carbons (Fsp3) is 1.00. The summed E-state index contributed by atoms with van der Waals surface area (Å²) in [6.07, 6.45) is 44.2. The number of rotatable bonds is 26. The molecule has 218 valence electrons. The van der Waals surface area contributed by atoms with E-state index in [1.54, 1.807) is 0 Å². The summed E-state index contributed by atoms with van der Waals surface area (Å²) in [5.41, 5.74) is 0. The minimum absolute atomic E-state index is 1.03. The maximum absolute atomic E-state index is 2.47. The van der Waals surface area contributed by atoms with E-state index >= 15 is 0 Å². The number of hydrogen-bond donors (Lipinski definition) is 0. The monoisotopic (exact) mass is 507 g/mol. The molecule has 1 saturated carbocycles. The molecule has 0 spiro atoms. The van der Waals surface area contributed by atoms with E-state index in [2.05, 4.69) is 27.7 Å². The Morgan fingerprint density at radius 3 is 0.889 bits per heavy atom. The van der Waals surface area contributed by atoms with Crippen molar-refractivity contribution in [2.45, 2.75) is 220 Å². The Labute approximate surface area is 232 Å². The highest BCUT2D eigenvalue weighted by Crippen LogP contribution is 2.34. The summed E-state index contributed by atoms with van der Waals surface area (Å²) in [6.45, 7) is 9.35. The molecule has 0 aliphatic heterocycles. The van der Waals surface area contributed by atoms with Gasteiger partial charge in [0.15, 0.2) is 0 Å². The largest absolute Gasteiger partial charge is 0.0654 e. The fourth-order valence-corrected chi connectivity index (χ4v) is 6.17. The maximum atomic E-state index is 2.47. The van der Waals surface area contributed by atoms with E-state index in [-0.39, 0.29) is 0 Å². The third kappa shape index (κ3) is 27.0. The first kappa shape index (κ1) is 36.0. The van der Waals surface area contributed by atoms with Gasteiger partial charge in [-0.2, -0.15) is 0 Å². The van der Waals surface area contributed by atoms with Crippen LogP contribution in [-0.4, -0.2) is 0 Å². The molecule has 0 amide bonds. The summed E-state index contributed by atoms with van der Waals surface area (Å²) < 4.78 is 0. The van der Waals surface area contributed by atoms with Crippen LogP contribution < -0.4 is 0 Å². The molecule has 1 rings (SSSR count). The molecule has 1 aliphatic carbocycles. The van der Waals surface area contributed by atoms with Gasteiger partial charge in [0.05, 0.1) is 0 Å². The Balaban J connectivity index is 0.000000681. The minimum Gasteiger partial charge on any atom is -0.0654 e.